The third kappa shape index (κ3) is 3.60. The summed E-state index contributed by atoms with van der Waals surface area (Å²) in [7, 11) is 0. The highest BCUT2D eigenvalue weighted by Crippen LogP contribution is 2.37. The first kappa shape index (κ1) is 17.8. The highest BCUT2D eigenvalue weighted by atomic mass is 16.5. The Morgan fingerprint density at radius 1 is 1.15 bits per heavy atom. The second kappa shape index (κ2) is 7.57. The molecule has 1 spiro atoms. The minimum Gasteiger partial charge on any atom is -0.490 e. The van der Waals surface area contributed by atoms with E-state index >= 15 is 0 Å². The molecule has 1 amide bonds. The molecular weight excluding hydrogens is 328 g/mol. The average molecular weight is 358 g/mol. The number of amides is 1. The van der Waals surface area contributed by atoms with E-state index in [1.165, 1.54) is 31.2 Å². The molecule has 142 valence electrons. The van der Waals surface area contributed by atoms with Crippen molar-refractivity contribution < 1.29 is 14.6 Å². The summed E-state index contributed by atoms with van der Waals surface area (Å²) in [4.78, 5) is 14.8. The number of ether oxygens (including phenoxy) is 1. The molecule has 1 aromatic rings. The zero-order valence-corrected chi connectivity index (χ0v) is 15.5. The van der Waals surface area contributed by atoms with Crippen molar-refractivity contribution in [1.29, 1.82) is 0 Å². The maximum atomic E-state index is 12.5. The van der Waals surface area contributed by atoms with Crippen molar-refractivity contribution in [2.75, 3.05) is 19.6 Å². The van der Waals surface area contributed by atoms with Gasteiger partial charge in [-0.3, -0.25) is 9.69 Å². The van der Waals surface area contributed by atoms with E-state index in [2.05, 4.69) is 34.5 Å². The molecule has 26 heavy (non-hydrogen) atoms. The smallest absolute Gasteiger partial charge is 0.230 e. The molecule has 2 heterocycles. The Bertz CT molecular complexity index is 627. The minimum absolute atomic E-state index is 0.0289. The molecule has 2 N–H and O–H groups in total. The molecule has 0 unspecified atom stereocenters. The van der Waals surface area contributed by atoms with Gasteiger partial charge in [0.05, 0.1) is 17.6 Å². The van der Waals surface area contributed by atoms with Crippen LogP contribution in [0.5, 0.6) is 5.75 Å². The van der Waals surface area contributed by atoms with E-state index < -0.39 is 11.5 Å². The van der Waals surface area contributed by atoms with E-state index in [-0.39, 0.29) is 5.91 Å². The standard InChI is InChI=1S/C21H30N2O3/c24-19-10-13-23(15-21(19)11-3-12-22-20(21)25)14-16-6-8-18(9-7-16)26-17-4-1-2-5-17/h6-9,17,19,24H,1-5,10-15H2,(H,22,25)/t19-,21+/m0/s1. The molecule has 1 aliphatic carbocycles. The van der Waals surface area contributed by atoms with Crippen LogP contribution in [-0.2, 0) is 11.3 Å². The van der Waals surface area contributed by atoms with Crippen molar-refractivity contribution in [3.8, 4) is 5.75 Å². The molecular formula is C21H30N2O3. The highest BCUT2D eigenvalue weighted by Gasteiger charge is 2.49. The Morgan fingerprint density at radius 2 is 1.92 bits per heavy atom. The number of aliphatic hydroxyl groups is 1. The molecule has 1 aromatic carbocycles. The van der Waals surface area contributed by atoms with Crippen LogP contribution < -0.4 is 10.1 Å². The summed E-state index contributed by atoms with van der Waals surface area (Å²) < 4.78 is 6.04. The van der Waals surface area contributed by atoms with Crippen LogP contribution >= 0.6 is 0 Å². The number of benzene rings is 1. The van der Waals surface area contributed by atoms with Gasteiger partial charge >= 0.3 is 0 Å². The summed E-state index contributed by atoms with van der Waals surface area (Å²) in [5.41, 5.74) is 0.605. The van der Waals surface area contributed by atoms with Crippen molar-refractivity contribution >= 4 is 5.91 Å². The number of hydrogen-bond acceptors (Lipinski definition) is 4. The van der Waals surface area contributed by atoms with Crippen LogP contribution in [-0.4, -0.2) is 47.8 Å². The first-order chi connectivity index (χ1) is 12.7. The third-order valence-electron chi connectivity index (χ3n) is 6.33. The number of carbonyl (C=O) groups is 1. The lowest BCUT2D eigenvalue weighted by Crippen LogP contribution is -2.61. The van der Waals surface area contributed by atoms with E-state index in [1.807, 2.05) is 0 Å². The molecule has 0 radical (unpaired) electrons. The summed E-state index contributed by atoms with van der Waals surface area (Å²) in [6.07, 6.45) is 7.14. The molecule has 2 atom stereocenters. The normalized spacial score (nSPS) is 30.5. The molecule has 0 aromatic heterocycles. The molecule has 2 saturated heterocycles. The highest BCUT2D eigenvalue weighted by molar-refractivity contribution is 5.84. The van der Waals surface area contributed by atoms with Gasteiger partial charge in [0.1, 0.15) is 5.75 Å². The number of rotatable bonds is 4. The van der Waals surface area contributed by atoms with E-state index in [9.17, 15) is 9.90 Å². The van der Waals surface area contributed by atoms with Gasteiger partial charge in [0, 0.05) is 26.2 Å². The van der Waals surface area contributed by atoms with Gasteiger partial charge < -0.3 is 15.2 Å². The number of likely N-dealkylation sites (tertiary alicyclic amines) is 1. The fourth-order valence-electron chi connectivity index (χ4n) is 4.79. The van der Waals surface area contributed by atoms with Crippen LogP contribution in [0.15, 0.2) is 24.3 Å². The summed E-state index contributed by atoms with van der Waals surface area (Å²) in [5.74, 6) is 0.985. The third-order valence-corrected chi connectivity index (χ3v) is 6.33. The predicted molar refractivity (Wildman–Crippen MR) is 99.9 cm³/mol. The van der Waals surface area contributed by atoms with Crippen LogP contribution in [0.3, 0.4) is 0 Å². The van der Waals surface area contributed by atoms with Crippen molar-refractivity contribution in [2.24, 2.45) is 5.41 Å². The maximum Gasteiger partial charge on any atom is 0.230 e. The first-order valence-corrected chi connectivity index (χ1v) is 10.1. The summed E-state index contributed by atoms with van der Waals surface area (Å²) in [5, 5.41) is 13.5. The van der Waals surface area contributed by atoms with E-state index in [0.717, 1.165) is 38.2 Å². The van der Waals surface area contributed by atoms with Crippen molar-refractivity contribution in [1.82, 2.24) is 10.2 Å². The van der Waals surface area contributed by atoms with Gasteiger partial charge in [-0.1, -0.05) is 12.1 Å². The van der Waals surface area contributed by atoms with Crippen molar-refractivity contribution in [3.05, 3.63) is 29.8 Å². The molecule has 3 aliphatic rings. The second-order valence-electron chi connectivity index (χ2n) is 8.20. The number of aliphatic hydroxyl groups excluding tert-OH is 1. The molecule has 2 aliphatic heterocycles. The molecule has 5 heteroatoms. The Balaban J connectivity index is 1.38. The number of nitrogens with zero attached hydrogens (tertiary/aromatic N) is 1. The second-order valence-corrected chi connectivity index (χ2v) is 8.20. The lowest BCUT2D eigenvalue weighted by molar-refractivity contribution is -0.149. The Hall–Kier alpha value is -1.59. The van der Waals surface area contributed by atoms with Gasteiger partial charge in [0.15, 0.2) is 0 Å². The van der Waals surface area contributed by atoms with Gasteiger partial charge in [-0.15, -0.1) is 0 Å². The van der Waals surface area contributed by atoms with Crippen LogP contribution in [0.1, 0.15) is 50.5 Å². The maximum absolute atomic E-state index is 12.5. The largest absolute Gasteiger partial charge is 0.490 e. The van der Waals surface area contributed by atoms with Gasteiger partial charge in [0.2, 0.25) is 5.91 Å². The fraction of sp³-hybridized carbons (Fsp3) is 0.667. The molecule has 0 bridgehead atoms. The quantitative estimate of drug-likeness (QED) is 0.868. The SMILES string of the molecule is O=C1NCCC[C@]12CN(Cc1ccc(OC3CCCC3)cc1)CC[C@@H]2O. The van der Waals surface area contributed by atoms with Gasteiger partial charge in [-0.2, -0.15) is 0 Å². The Labute approximate surface area is 155 Å². The summed E-state index contributed by atoms with van der Waals surface area (Å²) >= 11 is 0. The van der Waals surface area contributed by atoms with Gasteiger partial charge in [0.25, 0.3) is 0 Å². The van der Waals surface area contributed by atoms with Crippen molar-refractivity contribution in [2.45, 2.75) is 63.7 Å². The Morgan fingerprint density at radius 3 is 2.65 bits per heavy atom. The molecule has 1 saturated carbocycles. The van der Waals surface area contributed by atoms with E-state index in [0.29, 0.717) is 19.1 Å². The number of carbonyl (C=O) groups excluding carboxylic acids is 1. The number of nitrogens with one attached hydrogen (secondary N) is 1. The molecule has 3 fully saturated rings. The summed E-state index contributed by atoms with van der Waals surface area (Å²) in [6.45, 7) is 3.01. The number of piperidine rings is 2. The van der Waals surface area contributed by atoms with Crippen LogP contribution in [0, 0.1) is 5.41 Å². The minimum atomic E-state index is -0.623. The lowest BCUT2D eigenvalue weighted by Gasteiger charge is -2.47. The zero-order chi connectivity index (χ0) is 18.0. The molecule has 5 nitrogen and oxygen atoms in total. The van der Waals surface area contributed by atoms with Gasteiger partial charge in [-0.05, 0) is 62.6 Å². The average Bonchev–Trinajstić information content (AvgIpc) is 3.15. The van der Waals surface area contributed by atoms with Crippen LogP contribution in [0.2, 0.25) is 0 Å². The fourth-order valence-corrected chi connectivity index (χ4v) is 4.79. The van der Waals surface area contributed by atoms with Crippen LogP contribution in [0.25, 0.3) is 0 Å². The Kier molecular flexibility index (Phi) is 5.18. The van der Waals surface area contributed by atoms with Crippen molar-refractivity contribution in [3.63, 3.8) is 0 Å². The van der Waals surface area contributed by atoms with Gasteiger partial charge in [-0.25, -0.2) is 0 Å². The van der Waals surface area contributed by atoms with Crippen LogP contribution in [0.4, 0.5) is 0 Å². The van der Waals surface area contributed by atoms with E-state index in [4.69, 9.17) is 4.74 Å². The molecule has 4 rings (SSSR count). The number of hydrogen-bond donors (Lipinski definition) is 2. The topological polar surface area (TPSA) is 61.8 Å². The lowest BCUT2D eigenvalue weighted by atomic mass is 9.71. The predicted octanol–water partition coefficient (Wildman–Crippen LogP) is 2.47. The summed E-state index contributed by atoms with van der Waals surface area (Å²) in [6, 6.07) is 8.39. The van der Waals surface area contributed by atoms with E-state index in [1.54, 1.807) is 0 Å². The first-order valence-electron chi connectivity index (χ1n) is 10.1. The zero-order valence-electron chi connectivity index (χ0n) is 15.5. The monoisotopic (exact) mass is 358 g/mol.